The Morgan fingerprint density at radius 3 is 2.77 bits per heavy atom. The van der Waals surface area contributed by atoms with Crippen molar-refractivity contribution >= 4 is 28.8 Å². The Hall–Kier alpha value is -4.44. The lowest BCUT2D eigenvalue weighted by Gasteiger charge is -2.05. The minimum atomic E-state index is -0.613. The average Bonchev–Trinajstić information content (AvgIpc) is 3.23. The fourth-order valence-electron chi connectivity index (χ4n) is 3.01. The number of fused-ring (bicyclic) bond motifs is 1. The van der Waals surface area contributed by atoms with Gasteiger partial charge in [0.1, 0.15) is 23.2 Å². The lowest BCUT2D eigenvalue weighted by molar-refractivity contribution is -0.111. The SMILES string of the molecule is COc1ccc(C=CC(=O)Nc2ccc(-c3nc4ccccc4o3)cc2F)cc1C#N. The molecule has 0 unspecified atom stereocenters. The van der Waals surface area contributed by atoms with Crippen LogP contribution in [0.1, 0.15) is 11.1 Å². The Kier molecular flexibility index (Phi) is 5.45. The van der Waals surface area contributed by atoms with E-state index in [4.69, 9.17) is 14.4 Å². The van der Waals surface area contributed by atoms with Crippen LogP contribution in [0.5, 0.6) is 5.75 Å². The molecule has 1 amide bonds. The highest BCUT2D eigenvalue weighted by molar-refractivity contribution is 6.02. The Balaban J connectivity index is 1.48. The topological polar surface area (TPSA) is 88.2 Å². The number of hydrogen-bond donors (Lipinski definition) is 1. The number of nitriles is 1. The molecule has 4 aromatic rings. The molecule has 0 saturated carbocycles. The molecule has 0 atom stereocenters. The fourth-order valence-corrected chi connectivity index (χ4v) is 3.01. The highest BCUT2D eigenvalue weighted by Crippen LogP contribution is 2.27. The maximum absolute atomic E-state index is 14.5. The van der Waals surface area contributed by atoms with Gasteiger partial charge in [0.05, 0.1) is 18.4 Å². The minimum absolute atomic E-state index is 0.0296. The van der Waals surface area contributed by atoms with Gasteiger partial charge in [-0.3, -0.25) is 4.79 Å². The summed E-state index contributed by atoms with van der Waals surface area (Å²) in [5.41, 5.74) is 2.77. The molecule has 1 heterocycles. The number of benzene rings is 3. The first-order valence-corrected chi connectivity index (χ1v) is 9.30. The summed E-state index contributed by atoms with van der Waals surface area (Å²) in [6.45, 7) is 0. The number of ether oxygens (including phenoxy) is 1. The zero-order valence-electron chi connectivity index (χ0n) is 16.4. The second-order valence-electron chi connectivity index (χ2n) is 6.58. The van der Waals surface area contributed by atoms with E-state index in [0.717, 1.165) is 0 Å². The molecule has 0 aliphatic rings. The van der Waals surface area contributed by atoms with Gasteiger partial charge in [-0.15, -0.1) is 0 Å². The van der Waals surface area contributed by atoms with Crippen molar-refractivity contribution in [2.24, 2.45) is 0 Å². The van der Waals surface area contributed by atoms with Gasteiger partial charge in [-0.05, 0) is 54.1 Å². The Labute approximate surface area is 177 Å². The molecule has 0 fully saturated rings. The van der Waals surface area contributed by atoms with Gasteiger partial charge in [-0.25, -0.2) is 9.37 Å². The van der Waals surface area contributed by atoms with E-state index in [1.165, 1.54) is 31.4 Å². The van der Waals surface area contributed by atoms with Crippen LogP contribution in [-0.4, -0.2) is 18.0 Å². The predicted octanol–water partition coefficient (Wildman–Crippen LogP) is 5.17. The smallest absolute Gasteiger partial charge is 0.248 e. The van der Waals surface area contributed by atoms with Crippen molar-refractivity contribution in [2.75, 3.05) is 12.4 Å². The molecule has 4 rings (SSSR count). The van der Waals surface area contributed by atoms with Gasteiger partial charge in [0.2, 0.25) is 11.8 Å². The number of amides is 1. The van der Waals surface area contributed by atoms with Crippen LogP contribution < -0.4 is 10.1 Å². The van der Waals surface area contributed by atoms with Crippen molar-refractivity contribution < 1.29 is 18.3 Å². The number of rotatable bonds is 5. The number of carbonyl (C=O) groups is 1. The van der Waals surface area contributed by atoms with Gasteiger partial charge in [0.25, 0.3) is 0 Å². The van der Waals surface area contributed by atoms with Crippen LogP contribution in [0.3, 0.4) is 0 Å². The third-order valence-corrected chi connectivity index (χ3v) is 4.54. The number of para-hydroxylation sites is 2. The largest absolute Gasteiger partial charge is 0.495 e. The number of methoxy groups -OCH3 is 1. The fraction of sp³-hybridized carbons (Fsp3) is 0.0417. The summed E-state index contributed by atoms with van der Waals surface area (Å²) in [6.07, 6.45) is 2.79. The Morgan fingerprint density at radius 1 is 1.19 bits per heavy atom. The van der Waals surface area contributed by atoms with E-state index < -0.39 is 11.7 Å². The van der Waals surface area contributed by atoms with Crippen molar-refractivity contribution in [3.05, 3.63) is 83.7 Å². The van der Waals surface area contributed by atoms with Crippen molar-refractivity contribution in [3.8, 4) is 23.3 Å². The summed E-state index contributed by atoms with van der Waals surface area (Å²) < 4.78 is 25.3. The number of nitrogens with zero attached hydrogens (tertiary/aromatic N) is 2. The first-order chi connectivity index (χ1) is 15.1. The van der Waals surface area contributed by atoms with E-state index in [1.807, 2.05) is 24.3 Å². The highest BCUT2D eigenvalue weighted by Gasteiger charge is 2.12. The van der Waals surface area contributed by atoms with Crippen molar-refractivity contribution in [1.29, 1.82) is 5.26 Å². The van der Waals surface area contributed by atoms with Crippen molar-refractivity contribution in [1.82, 2.24) is 4.98 Å². The summed E-state index contributed by atoms with van der Waals surface area (Å²) in [6, 6.07) is 18.6. The maximum atomic E-state index is 14.5. The first-order valence-electron chi connectivity index (χ1n) is 9.30. The van der Waals surface area contributed by atoms with Crippen LogP contribution >= 0.6 is 0 Å². The molecule has 0 saturated heterocycles. The lowest BCUT2D eigenvalue weighted by atomic mass is 10.1. The molecule has 0 bridgehead atoms. The zero-order valence-corrected chi connectivity index (χ0v) is 16.4. The number of nitrogens with one attached hydrogen (secondary N) is 1. The van der Waals surface area contributed by atoms with Gasteiger partial charge in [0.15, 0.2) is 5.58 Å². The summed E-state index contributed by atoms with van der Waals surface area (Å²) in [7, 11) is 1.48. The van der Waals surface area contributed by atoms with E-state index >= 15 is 0 Å². The molecule has 1 N–H and O–H groups in total. The quantitative estimate of drug-likeness (QED) is 0.456. The third-order valence-electron chi connectivity index (χ3n) is 4.54. The molecule has 6 nitrogen and oxygen atoms in total. The molecule has 7 heteroatoms. The molecular weight excluding hydrogens is 397 g/mol. The second-order valence-corrected chi connectivity index (χ2v) is 6.58. The van der Waals surface area contributed by atoms with Crippen LogP contribution in [0.2, 0.25) is 0 Å². The van der Waals surface area contributed by atoms with Crippen molar-refractivity contribution in [2.45, 2.75) is 0 Å². The number of anilines is 1. The van der Waals surface area contributed by atoms with E-state index in [2.05, 4.69) is 10.3 Å². The van der Waals surface area contributed by atoms with Gasteiger partial charge in [0, 0.05) is 11.6 Å². The third kappa shape index (κ3) is 4.28. The Bertz CT molecular complexity index is 1320. The first kappa shape index (κ1) is 19.9. The molecule has 1 aromatic heterocycles. The Morgan fingerprint density at radius 2 is 2.03 bits per heavy atom. The molecular formula is C24H16FN3O3. The second kappa shape index (κ2) is 8.51. The molecule has 152 valence electrons. The van der Waals surface area contributed by atoms with Gasteiger partial charge >= 0.3 is 0 Å². The number of aromatic nitrogens is 1. The minimum Gasteiger partial charge on any atom is -0.495 e. The van der Waals surface area contributed by atoms with Gasteiger partial charge in [-0.1, -0.05) is 18.2 Å². The van der Waals surface area contributed by atoms with Gasteiger partial charge in [-0.2, -0.15) is 5.26 Å². The summed E-state index contributed by atoms with van der Waals surface area (Å²) in [5, 5.41) is 11.6. The lowest BCUT2D eigenvalue weighted by Crippen LogP contribution is -2.09. The average molecular weight is 413 g/mol. The predicted molar refractivity (Wildman–Crippen MR) is 115 cm³/mol. The van der Waals surface area contributed by atoms with Crippen LogP contribution in [0, 0.1) is 17.1 Å². The summed E-state index contributed by atoms with van der Waals surface area (Å²) in [4.78, 5) is 16.5. The molecule has 0 spiro atoms. The van der Waals surface area contributed by atoms with Crippen LogP contribution in [-0.2, 0) is 4.79 Å². The highest BCUT2D eigenvalue weighted by atomic mass is 19.1. The molecule has 0 radical (unpaired) electrons. The van der Waals surface area contributed by atoms with Crippen LogP contribution in [0.4, 0.5) is 10.1 Å². The number of oxazole rings is 1. The number of halogens is 1. The molecule has 0 aliphatic heterocycles. The zero-order chi connectivity index (χ0) is 21.8. The van der Waals surface area contributed by atoms with Crippen LogP contribution in [0.25, 0.3) is 28.6 Å². The summed E-state index contributed by atoms with van der Waals surface area (Å²) in [5.74, 6) is -0.378. The van der Waals surface area contributed by atoms with Gasteiger partial charge < -0.3 is 14.5 Å². The molecule has 3 aromatic carbocycles. The number of hydrogen-bond acceptors (Lipinski definition) is 5. The molecule has 31 heavy (non-hydrogen) atoms. The van der Waals surface area contributed by atoms with E-state index in [1.54, 1.807) is 30.3 Å². The van der Waals surface area contributed by atoms with E-state index in [-0.39, 0.29) is 5.69 Å². The molecule has 0 aliphatic carbocycles. The van der Waals surface area contributed by atoms with Crippen LogP contribution in [0.15, 0.2) is 71.2 Å². The van der Waals surface area contributed by atoms with Crippen molar-refractivity contribution in [3.63, 3.8) is 0 Å². The standard InChI is InChI=1S/C24H16FN3O3/c1-30-21-10-6-15(12-17(21)14-26)7-11-23(29)27-19-9-8-16(13-18(19)25)24-28-20-4-2-3-5-22(20)31-24/h2-13H,1H3,(H,27,29). The van der Waals surface area contributed by atoms with E-state index in [9.17, 15) is 9.18 Å². The maximum Gasteiger partial charge on any atom is 0.248 e. The number of carbonyl (C=O) groups excluding carboxylic acids is 1. The normalized spacial score (nSPS) is 10.9. The monoisotopic (exact) mass is 413 g/mol. The van der Waals surface area contributed by atoms with E-state index in [0.29, 0.717) is 39.4 Å². The summed E-state index contributed by atoms with van der Waals surface area (Å²) >= 11 is 0.